The van der Waals surface area contributed by atoms with E-state index in [0.29, 0.717) is 13.0 Å². The molecule has 0 aromatic heterocycles. The molecule has 0 unspecified atom stereocenters. The lowest BCUT2D eigenvalue weighted by Crippen LogP contribution is -2.22. The SMILES string of the molecule is CC(=O)O.CC(=O)OCC(CCN)COC(C)=O. The molecule has 0 aliphatic rings. The molecule has 0 atom stereocenters. The van der Waals surface area contributed by atoms with Crippen LogP contribution >= 0.6 is 0 Å². The molecular weight excluding hydrogens is 242 g/mol. The van der Waals surface area contributed by atoms with Crippen molar-refractivity contribution < 1.29 is 29.0 Å². The number of carboxylic acids is 1. The van der Waals surface area contributed by atoms with Gasteiger partial charge in [0.25, 0.3) is 5.97 Å². The van der Waals surface area contributed by atoms with E-state index in [9.17, 15) is 9.59 Å². The lowest BCUT2D eigenvalue weighted by molar-refractivity contribution is -0.146. The first-order chi connectivity index (χ1) is 8.29. The third kappa shape index (κ3) is 19.9. The van der Waals surface area contributed by atoms with Gasteiger partial charge in [0.1, 0.15) is 0 Å². The summed E-state index contributed by atoms with van der Waals surface area (Å²) in [5.74, 6) is -1.52. The van der Waals surface area contributed by atoms with Gasteiger partial charge in [-0.05, 0) is 13.0 Å². The first-order valence-corrected chi connectivity index (χ1v) is 5.45. The summed E-state index contributed by atoms with van der Waals surface area (Å²) in [6.07, 6.45) is 0.667. The van der Waals surface area contributed by atoms with Crippen molar-refractivity contribution in [2.45, 2.75) is 27.2 Å². The second kappa shape index (κ2) is 11.8. The average molecular weight is 263 g/mol. The highest BCUT2D eigenvalue weighted by Gasteiger charge is 2.11. The van der Waals surface area contributed by atoms with Crippen LogP contribution in [0, 0.1) is 5.92 Å². The number of ether oxygens (including phenoxy) is 2. The molecule has 0 saturated heterocycles. The summed E-state index contributed by atoms with van der Waals surface area (Å²) in [4.78, 5) is 30.1. The zero-order chi connectivity index (χ0) is 14.6. The van der Waals surface area contributed by atoms with Crippen LogP contribution in [-0.4, -0.2) is 42.8 Å². The first-order valence-electron chi connectivity index (χ1n) is 5.45. The van der Waals surface area contributed by atoms with Crippen molar-refractivity contribution in [1.29, 1.82) is 0 Å². The molecule has 3 N–H and O–H groups in total. The second-order valence-corrected chi connectivity index (χ2v) is 3.57. The van der Waals surface area contributed by atoms with E-state index >= 15 is 0 Å². The van der Waals surface area contributed by atoms with Crippen molar-refractivity contribution >= 4 is 17.9 Å². The van der Waals surface area contributed by atoms with E-state index in [0.717, 1.165) is 6.92 Å². The Balaban J connectivity index is 0. The molecule has 0 spiro atoms. The third-order valence-corrected chi connectivity index (χ3v) is 1.62. The molecule has 0 aliphatic carbocycles. The number of esters is 2. The van der Waals surface area contributed by atoms with E-state index in [-0.39, 0.29) is 31.1 Å². The highest BCUT2D eigenvalue weighted by molar-refractivity contribution is 5.66. The summed E-state index contributed by atoms with van der Waals surface area (Å²) < 4.78 is 9.61. The molecule has 0 heterocycles. The quantitative estimate of drug-likeness (QED) is 0.656. The van der Waals surface area contributed by atoms with E-state index in [1.54, 1.807) is 0 Å². The van der Waals surface area contributed by atoms with E-state index in [1.807, 2.05) is 0 Å². The van der Waals surface area contributed by atoms with Crippen LogP contribution in [0.25, 0.3) is 0 Å². The number of rotatable bonds is 6. The van der Waals surface area contributed by atoms with Crippen molar-refractivity contribution in [2.24, 2.45) is 11.7 Å². The molecule has 18 heavy (non-hydrogen) atoms. The topological polar surface area (TPSA) is 116 Å². The Hall–Kier alpha value is -1.63. The first kappa shape index (κ1) is 18.7. The zero-order valence-corrected chi connectivity index (χ0v) is 11.0. The molecule has 0 rings (SSSR count). The molecular formula is C11H21NO6. The predicted molar refractivity (Wildman–Crippen MR) is 63.7 cm³/mol. The van der Waals surface area contributed by atoms with Crippen LogP contribution in [0.2, 0.25) is 0 Å². The maximum absolute atomic E-state index is 10.5. The van der Waals surface area contributed by atoms with Gasteiger partial charge >= 0.3 is 11.9 Å². The Bertz CT molecular complexity index is 244. The summed E-state index contributed by atoms with van der Waals surface area (Å²) >= 11 is 0. The molecule has 0 radical (unpaired) electrons. The van der Waals surface area contributed by atoms with Crippen molar-refractivity contribution in [2.75, 3.05) is 19.8 Å². The van der Waals surface area contributed by atoms with E-state index in [4.69, 9.17) is 25.1 Å². The highest BCUT2D eigenvalue weighted by atomic mass is 16.5. The summed E-state index contributed by atoms with van der Waals surface area (Å²) in [5.41, 5.74) is 5.36. The number of hydrogen-bond acceptors (Lipinski definition) is 6. The Morgan fingerprint density at radius 3 is 1.61 bits per heavy atom. The molecule has 0 aliphatic heterocycles. The Morgan fingerprint density at radius 1 is 1.06 bits per heavy atom. The zero-order valence-electron chi connectivity index (χ0n) is 11.0. The molecule has 0 amide bonds. The standard InChI is InChI=1S/C9H17NO4.C2H4O2/c1-7(11)13-5-9(3-4-10)6-14-8(2)12;1-2(3)4/h9H,3-6,10H2,1-2H3;1H3,(H,3,4). The average Bonchev–Trinajstić information content (AvgIpc) is 2.21. The van der Waals surface area contributed by atoms with Crippen LogP contribution < -0.4 is 5.73 Å². The monoisotopic (exact) mass is 263 g/mol. The summed E-state index contributed by atoms with van der Waals surface area (Å²) in [6, 6.07) is 0. The van der Waals surface area contributed by atoms with Crippen LogP contribution in [-0.2, 0) is 23.9 Å². The van der Waals surface area contributed by atoms with Gasteiger partial charge in [-0.25, -0.2) is 0 Å². The molecule has 0 saturated carbocycles. The van der Waals surface area contributed by atoms with Crippen molar-refractivity contribution in [1.82, 2.24) is 0 Å². The fourth-order valence-corrected chi connectivity index (χ4v) is 0.921. The van der Waals surface area contributed by atoms with E-state index in [1.165, 1.54) is 13.8 Å². The Morgan fingerprint density at radius 2 is 1.39 bits per heavy atom. The van der Waals surface area contributed by atoms with E-state index in [2.05, 4.69) is 0 Å². The largest absolute Gasteiger partial charge is 0.481 e. The van der Waals surface area contributed by atoms with Gasteiger partial charge in [-0.2, -0.15) is 0 Å². The van der Waals surface area contributed by atoms with Crippen LogP contribution in [0.15, 0.2) is 0 Å². The minimum atomic E-state index is -0.833. The lowest BCUT2D eigenvalue weighted by Gasteiger charge is -2.14. The number of hydrogen-bond donors (Lipinski definition) is 2. The predicted octanol–water partition coefficient (Wildman–Crippen LogP) is 0.169. The summed E-state index contributed by atoms with van der Waals surface area (Å²) in [5, 5.41) is 7.42. The van der Waals surface area contributed by atoms with Gasteiger partial charge in [0.15, 0.2) is 0 Å². The van der Waals surface area contributed by atoms with Gasteiger partial charge in [0.2, 0.25) is 0 Å². The third-order valence-electron chi connectivity index (χ3n) is 1.62. The smallest absolute Gasteiger partial charge is 0.302 e. The molecule has 0 fully saturated rings. The van der Waals surface area contributed by atoms with Gasteiger partial charge in [0.05, 0.1) is 13.2 Å². The van der Waals surface area contributed by atoms with Gasteiger partial charge in [-0.1, -0.05) is 0 Å². The Kier molecular flexibility index (Phi) is 12.3. The maximum Gasteiger partial charge on any atom is 0.302 e. The summed E-state index contributed by atoms with van der Waals surface area (Å²) in [6.45, 7) is 4.74. The number of carbonyl (C=O) groups excluding carboxylic acids is 2. The van der Waals surface area contributed by atoms with Crippen molar-refractivity contribution in [3.63, 3.8) is 0 Å². The number of carboxylic acid groups (broad SMARTS) is 1. The van der Waals surface area contributed by atoms with Crippen LogP contribution in [0.3, 0.4) is 0 Å². The normalized spacial score (nSPS) is 9.17. The van der Waals surface area contributed by atoms with Crippen LogP contribution in [0.4, 0.5) is 0 Å². The van der Waals surface area contributed by atoms with Crippen molar-refractivity contribution in [3.8, 4) is 0 Å². The van der Waals surface area contributed by atoms with Gasteiger partial charge in [-0.3, -0.25) is 14.4 Å². The molecule has 0 aromatic carbocycles. The van der Waals surface area contributed by atoms with Gasteiger partial charge in [0, 0.05) is 26.7 Å². The van der Waals surface area contributed by atoms with Gasteiger partial charge in [-0.15, -0.1) is 0 Å². The number of nitrogens with two attached hydrogens (primary N) is 1. The Labute approximate surface area is 106 Å². The minimum Gasteiger partial charge on any atom is -0.481 e. The molecule has 0 bridgehead atoms. The summed E-state index contributed by atoms with van der Waals surface area (Å²) in [7, 11) is 0. The van der Waals surface area contributed by atoms with Crippen LogP contribution in [0.1, 0.15) is 27.2 Å². The number of carbonyl (C=O) groups is 3. The molecule has 0 aromatic rings. The van der Waals surface area contributed by atoms with Crippen LogP contribution in [0.5, 0.6) is 0 Å². The van der Waals surface area contributed by atoms with E-state index < -0.39 is 5.97 Å². The highest BCUT2D eigenvalue weighted by Crippen LogP contribution is 2.04. The second-order valence-electron chi connectivity index (χ2n) is 3.57. The lowest BCUT2D eigenvalue weighted by atomic mass is 10.1. The molecule has 7 heteroatoms. The maximum atomic E-state index is 10.5. The minimum absolute atomic E-state index is 0.00667. The fourth-order valence-electron chi connectivity index (χ4n) is 0.921. The number of aliphatic carboxylic acids is 1. The molecule has 7 nitrogen and oxygen atoms in total. The van der Waals surface area contributed by atoms with Crippen molar-refractivity contribution in [3.05, 3.63) is 0 Å². The molecule has 106 valence electrons. The van der Waals surface area contributed by atoms with Gasteiger partial charge < -0.3 is 20.3 Å². The fraction of sp³-hybridized carbons (Fsp3) is 0.727.